The predicted molar refractivity (Wildman–Crippen MR) is 120 cm³/mol. The summed E-state index contributed by atoms with van der Waals surface area (Å²) in [5.41, 5.74) is 3.92. The second-order valence-corrected chi connectivity index (χ2v) is 8.19. The highest BCUT2D eigenvalue weighted by atomic mass is 19.1. The van der Waals surface area contributed by atoms with E-state index in [0.717, 1.165) is 17.2 Å². The molecule has 1 aromatic carbocycles. The van der Waals surface area contributed by atoms with Crippen LogP contribution >= 0.6 is 0 Å². The van der Waals surface area contributed by atoms with E-state index in [1.54, 1.807) is 24.0 Å². The number of hydrogen-bond acceptors (Lipinski definition) is 7. The number of hydrogen-bond donors (Lipinski definition) is 1. The van der Waals surface area contributed by atoms with Crippen LogP contribution in [0.25, 0.3) is 27.8 Å². The average molecular weight is 463 g/mol. The molecule has 0 aliphatic carbocycles. The van der Waals surface area contributed by atoms with Crippen LogP contribution in [0.15, 0.2) is 49.1 Å². The van der Waals surface area contributed by atoms with E-state index in [2.05, 4.69) is 20.1 Å². The van der Waals surface area contributed by atoms with Crippen LogP contribution in [-0.4, -0.2) is 60.5 Å². The summed E-state index contributed by atoms with van der Waals surface area (Å²) in [4.78, 5) is 15.3. The molecule has 0 saturated carbocycles. The lowest BCUT2D eigenvalue weighted by molar-refractivity contribution is 0.140. The molecular weight excluding hydrogens is 444 g/mol. The standard InChI is InChI=1S/C23H19F2N7O2/c1-34-22-20-18(2-3-32(20)28-12-27-22)14-6-19-21(26-8-14)29-23(30-10-17(33)11-30)31(19)9-13-4-15(24)7-16(25)5-13/h2-8,12,17,33H,9-11H2,1H3. The summed E-state index contributed by atoms with van der Waals surface area (Å²) in [6.07, 6.45) is 4.48. The Morgan fingerprint density at radius 2 is 1.91 bits per heavy atom. The van der Waals surface area contributed by atoms with E-state index in [9.17, 15) is 13.9 Å². The van der Waals surface area contributed by atoms with Crippen molar-refractivity contribution in [3.05, 3.63) is 66.3 Å². The van der Waals surface area contributed by atoms with E-state index < -0.39 is 17.7 Å². The van der Waals surface area contributed by atoms with E-state index in [1.807, 2.05) is 21.6 Å². The summed E-state index contributed by atoms with van der Waals surface area (Å²) in [6, 6.07) is 7.25. The molecule has 34 heavy (non-hydrogen) atoms. The third-order valence-corrected chi connectivity index (χ3v) is 5.92. The second kappa shape index (κ2) is 7.73. The fraction of sp³-hybridized carbons (Fsp3) is 0.217. The predicted octanol–water partition coefficient (Wildman–Crippen LogP) is 2.66. The number of aromatic nitrogens is 6. The number of pyridine rings is 1. The summed E-state index contributed by atoms with van der Waals surface area (Å²) >= 11 is 0. The molecule has 5 heterocycles. The van der Waals surface area contributed by atoms with E-state index in [1.165, 1.54) is 18.5 Å². The molecule has 0 bridgehead atoms. The molecule has 5 aromatic rings. The maximum Gasteiger partial charge on any atom is 0.241 e. The molecule has 11 heteroatoms. The van der Waals surface area contributed by atoms with Crippen molar-refractivity contribution in [2.75, 3.05) is 25.1 Å². The van der Waals surface area contributed by atoms with Gasteiger partial charge in [0.25, 0.3) is 0 Å². The van der Waals surface area contributed by atoms with E-state index in [-0.39, 0.29) is 6.54 Å². The minimum Gasteiger partial charge on any atom is -0.479 e. The van der Waals surface area contributed by atoms with Gasteiger partial charge in [0.15, 0.2) is 5.65 Å². The largest absolute Gasteiger partial charge is 0.479 e. The van der Waals surface area contributed by atoms with Crippen LogP contribution in [0, 0.1) is 11.6 Å². The number of halogens is 2. The minimum atomic E-state index is -0.647. The molecule has 0 spiro atoms. The Bertz CT molecular complexity index is 1520. The van der Waals surface area contributed by atoms with Crippen molar-refractivity contribution >= 4 is 22.6 Å². The lowest BCUT2D eigenvalue weighted by Crippen LogP contribution is -2.51. The molecule has 0 unspecified atom stereocenters. The van der Waals surface area contributed by atoms with Gasteiger partial charge >= 0.3 is 0 Å². The minimum absolute atomic E-state index is 0.182. The summed E-state index contributed by atoms with van der Waals surface area (Å²) in [5.74, 6) is -0.288. The van der Waals surface area contributed by atoms with Gasteiger partial charge in [-0.2, -0.15) is 15.1 Å². The summed E-state index contributed by atoms with van der Waals surface area (Å²) in [7, 11) is 1.54. The van der Waals surface area contributed by atoms with Crippen molar-refractivity contribution in [1.29, 1.82) is 0 Å². The van der Waals surface area contributed by atoms with Gasteiger partial charge in [0.1, 0.15) is 23.5 Å². The normalized spacial score (nSPS) is 14.2. The molecule has 1 aliphatic heterocycles. The summed E-state index contributed by atoms with van der Waals surface area (Å²) in [6.45, 7) is 1.03. The Morgan fingerprint density at radius 1 is 1.12 bits per heavy atom. The lowest BCUT2D eigenvalue weighted by Gasteiger charge is -2.36. The maximum atomic E-state index is 13.9. The number of imidazole rings is 1. The number of benzene rings is 1. The zero-order chi connectivity index (χ0) is 23.4. The van der Waals surface area contributed by atoms with Gasteiger partial charge in [-0.25, -0.2) is 18.3 Å². The molecule has 172 valence electrons. The van der Waals surface area contributed by atoms with Crippen LogP contribution in [0.3, 0.4) is 0 Å². The van der Waals surface area contributed by atoms with Crippen LogP contribution in [0.2, 0.25) is 0 Å². The van der Waals surface area contributed by atoms with Crippen LogP contribution in [0.5, 0.6) is 5.88 Å². The molecule has 1 N–H and O–H groups in total. The van der Waals surface area contributed by atoms with Crippen molar-refractivity contribution in [2.24, 2.45) is 0 Å². The molecule has 6 rings (SSSR count). The molecule has 0 radical (unpaired) electrons. The van der Waals surface area contributed by atoms with Crippen molar-refractivity contribution in [1.82, 2.24) is 29.1 Å². The van der Waals surface area contributed by atoms with Crippen LogP contribution in [0.4, 0.5) is 14.7 Å². The highest BCUT2D eigenvalue weighted by molar-refractivity contribution is 5.88. The number of ether oxygens (including phenoxy) is 1. The molecule has 1 aliphatic rings. The Hall–Kier alpha value is -4.12. The van der Waals surface area contributed by atoms with Crippen molar-refractivity contribution in [2.45, 2.75) is 12.6 Å². The number of fused-ring (bicyclic) bond motifs is 2. The van der Waals surface area contributed by atoms with Crippen molar-refractivity contribution in [3.63, 3.8) is 0 Å². The zero-order valence-electron chi connectivity index (χ0n) is 18.1. The Balaban J connectivity index is 1.52. The van der Waals surface area contributed by atoms with Gasteiger partial charge in [0.2, 0.25) is 11.8 Å². The van der Waals surface area contributed by atoms with E-state index >= 15 is 0 Å². The molecule has 0 atom stereocenters. The number of anilines is 1. The summed E-state index contributed by atoms with van der Waals surface area (Å²) in [5, 5.41) is 14.0. The molecular formula is C23H19F2N7O2. The molecule has 0 amide bonds. The fourth-order valence-corrected chi connectivity index (χ4v) is 4.35. The van der Waals surface area contributed by atoms with Gasteiger partial charge in [0.05, 0.1) is 25.3 Å². The van der Waals surface area contributed by atoms with E-state index in [4.69, 9.17) is 4.74 Å². The first-order chi connectivity index (χ1) is 16.5. The highest BCUT2D eigenvalue weighted by Gasteiger charge is 2.29. The number of β-amino-alcohol motifs (C(OH)–C–C–N with tert-alkyl or cyclic N) is 1. The van der Waals surface area contributed by atoms with Gasteiger partial charge in [-0.15, -0.1) is 0 Å². The maximum absolute atomic E-state index is 13.9. The number of aliphatic hydroxyl groups excluding tert-OH is 1. The first kappa shape index (κ1) is 20.5. The SMILES string of the molecule is COc1ncnn2ccc(-c3cnc4nc(N5CC(O)C5)n(Cc5cc(F)cc(F)c5)c4c3)c12. The molecule has 1 fully saturated rings. The zero-order valence-corrected chi connectivity index (χ0v) is 18.1. The van der Waals surface area contributed by atoms with Crippen LogP contribution < -0.4 is 9.64 Å². The van der Waals surface area contributed by atoms with Gasteiger partial charge < -0.3 is 19.3 Å². The number of methoxy groups -OCH3 is 1. The lowest BCUT2D eigenvalue weighted by atomic mass is 10.1. The Kier molecular flexibility index (Phi) is 4.66. The third kappa shape index (κ3) is 3.32. The first-order valence-electron chi connectivity index (χ1n) is 10.6. The summed E-state index contributed by atoms with van der Waals surface area (Å²) < 4.78 is 36.7. The highest BCUT2D eigenvalue weighted by Crippen LogP contribution is 2.33. The topological polar surface area (TPSA) is 93.6 Å². The molecule has 1 saturated heterocycles. The Labute approximate surface area is 191 Å². The van der Waals surface area contributed by atoms with Crippen molar-refractivity contribution in [3.8, 4) is 17.0 Å². The van der Waals surface area contributed by atoms with Gasteiger partial charge in [-0.05, 0) is 29.8 Å². The van der Waals surface area contributed by atoms with E-state index in [0.29, 0.717) is 47.2 Å². The number of rotatable bonds is 5. The average Bonchev–Trinajstić information content (AvgIpc) is 3.37. The Morgan fingerprint density at radius 3 is 2.65 bits per heavy atom. The number of nitrogens with zero attached hydrogens (tertiary/aromatic N) is 7. The van der Waals surface area contributed by atoms with Crippen LogP contribution in [-0.2, 0) is 6.54 Å². The quantitative estimate of drug-likeness (QED) is 0.428. The van der Waals surface area contributed by atoms with Gasteiger partial charge in [-0.3, -0.25) is 0 Å². The smallest absolute Gasteiger partial charge is 0.241 e. The first-order valence-corrected chi connectivity index (χ1v) is 10.6. The molecule has 9 nitrogen and oxygen atoms in total. The fourth-order valence-electron chi connectivity index (χ4n) is 4.35. The third-order valence-electron chi connectivity index (χ3n) is 5.92. The van der Waals surface area contributed by atoms with Gasteiger partial charge in [0, 0.05) is 42.7 Å². The van der Waals surface area contributed by atoms with Crippen molar-refractivity contribution < 1.29 is 18.6 Å². The number of aliphatic hydroxyl groups is 1. The molecule has 4 aromatic heterocycles. The second-order valence-electron chi connectivity index (χ2n) is 8.19. The van der Waals surface area contributed by atoms with Gasteiger partial charge in [-0.1, -0.05) is 0 Å². The monoisotopic (exact) mass is 463 g/mol. The van der Waals surface area contributed by atoms with Crippen LogP contribution in [0.1, 0.15) is 5.56 Å².